The number of hydrogen-bond donors (Lipinski definition) is 0. The van der Waals surface area contributed by atoms with Gasteiger partial charge in [-0.3, -0.25) is 0 Å². The molecule has 0 spiro atoms. The molecule has 1 aromatic carbocycles. The molecule has 0 N–H and O–H groups in total. The fourth-order valence-electron chi connectivity index (χ4n) is 2.41. The van der Waals surface area contributed by atoms with Gasteiger partial charge in [-0.1, -0.05) is 0 Å². The van der Waals surface area contributed by atoms with Gasteiger partial charge in [0.25, 0.3) is 0 Å². The number of piperidine rings is 1. The van der Waals surface area contributed by atoms with Crippen molar-refractivity contribution in [1.29, 1.82) is 10.5 Å². The monoisotopic (exact) mass is 289 g/mol. The Kier molecular flexibility index (Phi) is 4.08. The Morgan fingerprint density at radius 2 is 2.10 bits per heavy atom. The van der Waals surface area contributed by atoms with Crippen LogP contribution in [0.2, 0.25) is 0 Å². The van der Waals surface area contributed by atoms with Gasteiger partial charge in [0.05, 0.1) is 28.5 Å². The fraction of sp³-hybridized carbons (Fsp3) is 0.429. The molecule has 0 saturated carbocycles. The average Bonchev–Trinajstić information content (AvgIpc) is 2.46. The van der Waals surface area contributed by atoms with Crippen LogP contribution in [-0.2, 0) is 10.0 Å². The summed E-state index contributed by atoms with van der Waals surface area (Å²) in [6, 6.07) is 8.68. The highest BCUT2D eigenvalue weighted by atomic mass is 32.2. The van der Waals surface area contributed by atoms with Gasteiger partial charge in [-0.15, -0.1) is 0 Å². The molecular weight excluding hydrogens is 274 g/mol. The van der Waals surface area contributed by atoms with Crippen LogP contribution in [-0.4, -0.2) is 25.8 Å². The van der Waals surface area contributed by atoms with Crippen molar-refractivity contribution in [2.24, 2.45) is 5.92 Å². The number of nitriles is 2. The second-order valence-corrected chi connectivity index (χ2v) is 6.83. The van der Waals surface area contributed by atoms with Gasteiger partial charge in [-0.25, -0.2) is 8.42 Å². The normalized spacial score (nSPS) is 20.1. The van der Waals surface area contributed by atoms with Crippen molar-refractivity contribution in [3.63, 3.8) is 0 Å². The van der Waals surface area contributed by atoms with E-state index in [1.54, 1.807) is 13.0 Å². The molecule has 0 bridgehead atoms. The van der Waals surface area contributed by atoms with Crippen LogP contribution in [0.1, 0.15) is 24.0 Å². The number of aryl methyl sites for hydroxylation is 1. The van der Waals surface area contributed by atoms with Crippen molar-refractivity contribution in [3.05, 3.63) is 29.3 Å². The smallest absolute Gasteiger partial charge is 0.207 e. The van der Waals surface area contributed by atoms with Crippen LogP contribution in [0.25, 0.3) is 0 Å². The van der Waals surface area contributed by atoms with E-state index in [-0.39, 0.29) is 17.4 Å². The van der Waals surface area contributed by atoms with Crippen molar-refractivity contribution in [1.82, 2.24) is 4.31 Å². The van der Waals surface area contributed by atoms with Crippen LogP contribution in [0.5, 0.6) is 0 Å². The molecule has 1 heterocycles. The Bertz CT molecular complexity index is 698. The molecule has 1 saturated heterocycles. The summed E-state index contributed by atoms with van der Waals surface area (Å²) in [5.41, 5.74) is 0.998. The lowest BCUT2D eigenvalue weighted by Gasteiger charge is -2.29. The topological polar surface area (TPSA) is 85.0 Å². The highest BCUT2D eigenvalue weighted by Gasteiger charge is 2.31. The fourth-order valence-corrected chi connectivity index (χ4v) is 4.14. The van der Waals surface area contributed by atoms with Crippen LogP contribution in [0, 0.1) is 35.5 Å². The number of sulfonamides is 1. The standard InChI is InChI=1S/C14H15N3O2S/c1-11-7-12(8-15)4-5-14(11)20(18,19)17-6-2-3-13(9-16)10-17/h4-5,7,13H,2-3,6,10H2,1H3. The first-order valence-electron chi connectivity index (χ1n) is 6.39. The molecule has 1 aliphatic rings. The van der Waals surface area contributed by atoms with E-state index >= 15 is 0 Å². The predicted molar refractivity (Wildman–Crippen MR) is 73.0 cm³/mol. The summed E-state index contributed by atoms with van der Waals surface area (Å²) in [6.45, 7) is 2.37. The molecule has 2 rings (SSSR count). The Labute approximate surface area is 119 Å². The third kappa shape index (κ3) is 2.67. The van der Waals surface area contributed by atoms with Gasteiger partial charge in [0.1, 0.15) is 0 Å². The van der Waals surface area contributed by atoms with E-state index in [2.05, 4.69) is 6.07 Å². The summed E-state index contributed by atoms with van der Waals surface area (Å²) in [4.78, 5) is 0.218. The molecule has 5 nitrogen and oxygen atoms in total. The van der Waals surface area contributed by atoms with Crippen molar-refractivity contribution in [2.45, 2.75) is 24.7 Å². The average molecular weight is 289 g/mol. The predicted octanol–water partition coefficient (Wildman–Crippen LogP) is 1.79. The number of hydrogen-bond acceptors (Lipinski definition) is 4. The van der Waals surface area contributed by atoms with E-state index in [0.29, 0.717) is 24.1 Å². The van der Waals surface area contributed by atoms with Crippen LogP contribution >= 0.6 is 0 Å². The lowest BCUT2D eigenvalue weighted by Crippen LogP contribution is -2.39. The molecule has 0 radical (unpaired) electrons. The number of nitrogens with zero attached hydrogens (tertiary/aromatic N) is 3. The first-order valence-corrected chi connectivity index (χ1v) is 7.83. The minimum absolute atomic E-state index is 0.218. The Morgan fingerprint density at radius 1 is 1.35 bits per heavy atom. The molecule has 6 heteroatoms. The molecular formula is C14H15N3O2S. The molecule has 1 aliphatic heterocycles. The van der Waals surface area contributed by atoms with E-state index in [0.717, 1.165) is 6.42 Å². The summed E-state index contributed by atoms with van der Waals surface area (Å²) in [5.74, 6) is -0.239. The first kappa shape index (κ1) is 14.5. The van der Waals surface area contributed by atoms with Crippen LogP contribution in [0.4, 0.5) is 0 Å². The summed E-state index contributed by atoms with van der Waals surface area (Å²) < 4.78 is 26.6. The first-order chi connectivity index (χ1) is 9.48. The molecule has 0 aromatic heterocycles. The highest BCUT2D eigenvalue weighted by molar-refractivity contribution is 7.89. The number of benzene rings is 1. The maximum atomic E-state index is 12.6. The lowest BCUT2D eigenvalue weighted by atomic mass is 10.0. The summed E-state index contributed by atoms with van der Waals surface area (Å²) in [5, 5.41) is 17.8. The zero-order valence-electron chi connectivity index (χ0n) is 11.2. The van der Waals surface area contributed by atoms with Gasteiger partial charge in [-0.05, 0) is 43.5 Å². The molecule has 1 unspecified atom stereocenters. The van der Waals surface area contributed by atoms with Gasteiger partial charge in [0.15, 0.2) is 0 Å². The van der Waals surface area contributed by atoms with Crippen molar-refractivity contribution in [3.8, 4) is 12.1 Å². The second-order valence-electron chi connectivity index (χ2n) is 4.92. The largest absolute Gasteiger partial charge is 0.243 e. The SMILES string of the molecule is Cc1cc(C#N)ccc1S(=O)(=O)N1CCCC(C#N)C1. The molecule has 0 aliphatic carbocycles. The molecule has 20 heavy (non-hydrogen) atoms. The van der Waals surface area contributed by atoms with Gasteiger partial charge in [0.2, 0.25) is 10.0 Å². The maximum absolute atomic E-state index is 12.6. The van der Waals surface area contributed by atoms with Crippen molar-refractivity contribution >= 4 is 10.0 Å². The van der Waals surface area contributed by atoms with E-state index in [1.807, 2.05) is 6.07 Å². The summed E-state index contributed by atoms with van der Waals surface area (Å²) in [7, 11) is -3.59. The third-order valence-electron chi connectivity index (χ3n) is 3.49. The maximum Gasteiger partial charge on any atom is 0.243 e. The third-order valence-corrected chi connectivity index (χ3v) is 5.51. The molecule has 1 aromatic rings. The van der Waals surface area contributed by atoms with Gasteiger partial charge < -0.3 is 0 Å². The van der Waals surface area contributed by atoms with Gasteiger partial charge in [-0.2, -0.15) is 14.8 Å². The second kappa shape index (κ2) is 5.62. The minimum Gasteiger partial charge on any atom is -0.207 e. The zero-order valence-corrected chi connectivity index (χ0v) is 12.0. The Balaban J connectivity index is 2.36. The van der Waals surface area contributed by atoms with E-state index in [9.17, 15) is 8.42 Å². The summed E-state index contributed by atoms with van der Waals surface area (Å²) >= 11 is 0. The quantitative estimate of drug-likeness (QED) is 0.830. The van der Waals surface area contributed by atoms with Gasteiger partial charge in [0, 0.05) is 13.1 Å². The zero-order chi connectivity index (χ0) is 14.8. The van der Waals surface area contributed by atoms with Crippen LogP contribution in [0.3, 0.4) is 0 Å². The Hall–Kier alpha value is -1.89. The van der Waals surface area contributed by atoms with E-state index < -0.39 is 10.0 Å². The molecule has 0 amide bonds. The van der Waals surface area contributed by atoms with Gasteiger partial charge >= 0.3 is 0 Å². The summed E-state index contributed by atoms with van der Waals surface area (Å²) in [6.07, 6.45) is 1.45. The molecule has 104 valence electrons. The lowest BCUT2D eigenvalue weighted by molar-refractivity contribution is 0.305. The van der Waals surface area contributed by atoms with E-state index in [1.165, 1.54) is 16.4 Å². The van der Waals surface area contributed by atoms with Crippen molar-refractivity contribution in [2.75, 3.05) is 13.1 Å². The van der Waals surface area contributed by atoms with Crippen molar-refractivity contribution < 1.29 is 8.42 Å². The molecule has 1 atom stereocenters. The molecule has 1 fully saturated rings. The minimum atomic E-state index is -3.59. The Morgan fingerprint density at radius 3 is 2.70 bits per heavy atom. The van der Waals surface area contributed by atoms with E-state index in [4.69, 9.17) is 10.5 Å². The number of rotatable bonds is 2. The highest BCUT2D eigenvalue weighted by Crippen LogP contribution is 2.25. The van der Waals surface area contributed by atoms with Crippen LogP contribution < -0.4 is 0 Å². The van der Waals surface area contributed by atoms with Crippen LogP contribution in [0.15, 0.2) is 23.1 Å².